The van der Waals surface area contributed by atoms with Gasteiger partial charge in [0.05, 0.1) is 6.61 Å². The standard InChI is InChI=1S/C15H23F2NO/c1-12-10-13(15(17)11-14(12)16)6-4-3-5-7-18-8-9-19-2/h10-11,18H,3-9H2,1-2H3. The number of methoxy groups -OCH3 is 1. The molecule has 0 saturated heterocycles. The Kier molecular flexibility index (Phi) is 7.60. The first-order chi connectivity index (χ1) is 9.15. The fourth-order valence-electron chi connectivity index (χ4n) is 1.95. The van der Waals surface area contributed by atoms with Crippen molar-refractivity contribution in [1.82, 2.24) is 5.32 Å². The van der Waals surface area contributed by atoms with Crippen LogP contribution in [0.4, 0.5) is 8.78 Å². The third kappa shape index (κ3) is 6.12. The lowest BCUT2D eigenvalue weighted by Crippen LogP contribution is -2.20. The van der Waals surface area contributed by atoms with Crippen LogP contribution in [0.15, 0.2) is 12.1 Å². The van der Waals surface area contributed by atoms with E-state index in [0.717, 1.165) is 45.0 Å². The summed E-state index contributed by atoms with van der Waals surface area (Å²) in [7, 11) is 1.68. The van der Waals surface area contributed by atoms with Gasteiger partial charge < -0.3 is 10.1 Å². The van der Waals surface area contributed by atoms with E-state index < -0.39 is 11.6 Å². The Labute approximate surface area is 114 Å². The third-order valence-corrected chi connectivity index (χ3v) is 3.11. The molecule has 0 fully saturated rings. The highest BCUT2D eigenvalue weighted by atomic mass is 19.1. The molecular formula is C15H23F2NO. The lowest BCUT2D eigenvalue weighted by Gasteiger charge is -2.06. The summed E-state index contributed by atoms with van der Waals surface area (Å²) >= 11 is 0. The lowest BCUT2D eigenvalue weighted by molar-refractivity contribution is 0.199. The SMILES string of the molecule is COCCNCCCCCc1cc(C)c(F)cc1F. The van der Waals surface area contributed by atoms with Crippen LogP contribution in [0.5, 0.6) is 0 Å². The molecule has 1 aromatic carbocycles. The smallest absolute Gasteiger partial charge is 0.129 e. The van der Waals surface area contributed by atoms with E-state index in [0.29, 0.717) is 17.5 Å². The maximum atomic E-state index is 13.5. The molecule has 0 heterocycles. The molecule has 2 nitrogen and oxygen atoms in total. The summed E-state index contributed by atoms with van der Waals surface area (Å²) < 4.78 is 31.5. The van der Waals surface area contributed by atoms with Gasteiger partial charge >= 0.3 is 0 Å². The van der Waals surface area contributed by atoms with Gasteiger partial charge in [0.2, 0.25) is 0 Å². The van der Waals surface area contributed by atoms with Crippen LogP contribution in [0.25, 0.3) is 0 Å². The van der Waals surface area contributed by atoms with Gasteiger partial charge in [-0.3, -0.25) is 0 Å². The first-order valence-electron chi connectivity index (χ1n) is 6.79. The van der Waals surface area contributed by atoms with E-state index in [4.69, 9.17) is 4.74 Å². The molecule has 4 heteroatoms. The van der Waals surface area contributed by atoms with Crippen molar-refractivity contribution in [3.8, 4) is 0 Å². The summed E-state index contributed by atoms with van der Waals surface area (Å²) in [6, 6.07) is 2.60. The highest BCUT2D eigenvalue weighted by Crippen LogP contribution is 2.16. The van der Waals surface area contributed by atoms with E-state index >= 15 is 0 Å². The van der Waals surface area contributed by atoms with Crippen LogP contribution in [0.2, 0.25) is 0 Å². The lowest BCUT2D eigenvalue weighted by atomic mass is 10.0. The molecule has 0 saturated carbocycles. The molecule has 0 spiro atoms. The molecule has 1 N–H and O–H groups in total. The molecule has 0 aromatic heterocycles. The van der Waals surface area contributed by atoms with Crippen LogP contribution in [0.1, 0.15) is 30.4 Å². The van der Waals surface area contributed by atoms with Gasteiger partial charge in [0.15, 0.2) is 0 Å². The summed E-state index contributed by atoms with van der Waals surface area (Å²) in [5.41, 5.74) is 1.13. The fraction of sp³-hybridized carbons (Fsp3) is 0.600. The van der Waals surface area contributed by atoms with Crippen LogP contribution in [-0.4, -0.2) is 26.8 Å². The number of aryl methyl sites for hydroxylation is 2. The van der Waals surface area contributed by atoms with Crippen LogP contribution >= 0.6 is 0 Å². The normalized spacial score (nSPS) is 10.9. The van der Waals surface area contributed by atoms with Crippen LogP contribution in [0.3, 0.4) is 0 Å². The minimum Gasteiger partial charge on any atom is -0.383 e. The summed E-state index contributed by atoms with van der Waals surface area (Å²) in [4.78, 5) is 0. The monoisotopic (exact) mass is 271 g/mol. The van der Waals surface area contributed by atoms with Crippen molar-refractivity contribution in [2.45, 2.75) is 32.6 Å². The van der Waals surface area contributed by atoms with Gasteiger partial charge in [0.25, 0.3) is 0 Å². The Bertz CT molecular complexity index is 383. The zero-order chi connectivity index (χ0) is 14.1. The number of ether oxygens (including phenoxy) is 1. The van der Waals surface area contributed by atoms with Crippen molar-refractivity contribution in [2.24, 2.45) is 0 Å². The number of hydrogen-bond donors (Lipinski definition) is 1. The minimum absolute atomic E-state index is 0.429. The Morgan fingerprint density at radius 1 is 1.05 bits per heavy atom. The Morgan fingerprint density at radius 2 is 1.84 bits per heavy atom. The Hall–Kier alpha value is -1.00. The maximum absolute atomic E-state index is 13.5. The summed E-state index contributed by atoms with van der Waals surface area (Å²) in [5, 5.41) is 3.26. The van der Waals surface area contributed by atoms with Gasteiger partial charge in [-0.15, -0.1) is 0 Å². The average molecular weight is 271 g/mol. The zero-order valence-electron chi connectivity index (χ0n) is 11.8. The number of nitrogens with one attached hydrogen (secondary N) is 1. The number of rotatable bonds is 9. The predicted molar refractivity (Wildman–Crippen MR) is 73.4 cm³/mol. The van der Waals surface area contributed by atoms with E-state index in [2.05, 4.69) is 5.32 Å². The molecule has 0 aliphatic carbocycles. The molecule has 0 radical (unpaired) electrons. The van der Waals surface area contributed by atoms with Crippen LogP contribution < -0.4 is 5.32 Å². The largest absolute Gasteiger partial charge is 0.383 e. The van der Waals surface area contributed by atoms with Gasteiger partial charge in [0.1, 0.15) is 11.6 Å². The van der Waals surface area contributed by atoms with E-state index in [1.807, 2.05) is 0 Å². The highest BCUT2D eigenvalue weighted by molar-refractivity contribution is 5.25. The molecule has 0 amide bonds. The minimum atomic E-state index is -0.469. The predicted octanol–water partition coefficient (Wildman–Crippen LogP) is 3.22. The molecule has 19 heavy (non-hydrogen) atoms. The second kappa shape index (κ2) is 8.99. The first-order valence-corrected chi connectivity index (χ1v) is 6.79. The number of benzene rings is 1. The molecule has 0 aliphatic heterocycles. The molecule has 1 rings (SSSR count). The van der Waals surface area contributed by atoms with E-state index in [1.54, 1.807) is 20.1 Å². The van der Waals surface area contributed by atoms with Crippen molar-refractivity contribution in [3.05, 3.63) is 34.9 Å². The Balaban J connectivity index is 2.17. The van der Waals surface area contributed by atoms with Crippen LogP contribution in [0, 0.1) is 18.6 Å². The van der Waals surface area contributed by atoms with E-state index in [9.17, 15) is 8.78 Å². The van der Waals surface area contributed by atoms with Crippen LogP contribution in [-0.2, 0) is 11.2 Å². The molecule has 0 unspecified atom stereocenters. The van der Waals surface area contributed by atoms with Crippen molar-refractivity contribution in [2.75, 3.05) is 26.8 Å². The molecule has 108 valence electrons. The summed E-state index contributed by atoms with van der Waals surface area (Å²) in [6.45, 7) is 4.20. The molecule has 0 atom stereocenters. The number of halogens is 2. The maximum Gasteiger partial charge on any atom is 0.129 e. The quantitative estimate of drug-likeness (QED) is 0.696. The second-order valence-electron chi connectivity index (χ2n) is 4.75. The van der Waals surface area contributed by atoms with E-state index in [-0.39, 0.29) is 0 Å². The highest BCUT2D eigenvalue weighted by Gasteiger charge is 2.06. The summed E-state index contributed by atoms with van der Waals surface area (Å²) in [5.74, 6) is -0.898. The van der Waals surface area contributed by atoms with Crippen molar-refractivity contribution < 1.29 is 13.5 Å². The first kappa shape index (κ1) is 16.1. The summed E-state index contributed by atoms with van der Waals surface area (Å²) in [6.07, 6.45) is 3.69. The number of unbranched alkanes of at least 4 members (excludes halogenated alkanes) is 2. The molecule has 0 bridgehead atoms. The fourth-order valence-corrected chi connectivity index (χ4v) is 1.95. The van der Waals surface area contributed by atoms with Gasteiger partial charge in [-0.05, 0) is 43.9 Å². The average Bonchev–Trinajstić information content (AvgIpc) is 2.38. The van der Waals surface area contributed by atoms with Crippen molar-refractivity contribution in [1.29, 1.82) is 0 Å². The van der Waals surface area contributed by atoms with E-state index in [1.165, 1.54) is 0 Å². The third-order valence-electron chi connectivity index (χ3n) is 3.11. The topological polar surface area (TPSA) is 21.3 Å². The molecule has 1 aromatic rings. The zero-order valence-corrected chi connectivity index (χ0v) is 11.8. The Morgan fingerprint density at radius 3 is 2.58 bits per heavy atom. The second-order valence-corrected chi connectivity index (χ2v) is 4.75. The number of hydrogen-bond acceptors (Lipinski definition) is 2. The van der Waals surface area contributed by atoms with Gasteiger partial charge in [-0.2, -0.15) is 0 Å². The van der Waals surface area contributed by atoms with Gasteiger partial charge in [0, 0.05) is 19.7 Å². The van der Waals surface area contributed by atoms with Gasteiger partial charge in [-0.1, -0.05) is 12.5 Å². The van der Waals surface area contributed by atoms with Gasteiger partial charge in [-0.25, -0.2) is 8.78 Å². The molecular weight excluding hydrogens is 248 g/mol. The molecule has 0 aliphatic rings. The van der Waals surface area contributed by atoms with Crippen molar-refractivity contribution in [3.63, 3.8) is 0 Å². The van der Waals surface area contributed by atoms with Crippen molar-refractivity contribution >= 4 is 0 Å².